The van der Waals surface area contributed by atoms with E-state index in [-0.39, 0.29) is 12.1 Å². The van der Waals surface area contributed by atoms with Crippen LogP contribution in [0.2, 0.25) is 0 Å². The van der Waals surface area contributed by atoms with Gasteiger partial charge in [-0.15, -0.1) is 0 Å². The van der Waals surface area contributed by atoms with E-state index in [0.29, 0.717) is 26.3 Å². The van der Waals surface area contributed by atoms with E-state index in [9.17, 15) is 4.79 Å². The lowest BCUT2D eigenvalue weighted by molar-refractivity contribution is 0.171. The first kappa shape index (κ1) is 19.2. The molecule has 0 unspecified atom stereocenters. The average Bonchev–Trinajstić information content (AvgIpc) is 2.74. The number of anilines is 2. The van der Waals surface area contributed by atoms with Crippen LogP contribution >= 0.6 is 0 Å². The Labute approximate surface area is 171 Å². The van der Waals surface area contributed by atoms with Crippen molar-refractivity contribution in [2.24, 2.45) is 0 Å². The Hall–Kier alpha value is -3.09. The number of fused-ring (bicyclic) bond motifs is 1. The molecule has 0 spiro atoms. The highest BCUT2D eigenvalue weighted by atomic mass is 16.6. The van der Waals surface area contributed by atoms with Crippen molar-refractivity contribution in [2.45, 2.75) is 20.0 Å². The van der Waals surface area contributed by atoms with E-state index in [1.54, 1.807) is 0 Å². The molecule has 2 aromatic carbocycles. The SMILES string of the molecule is CC(C)Oc1ccc(NC(=O)N2CCN(c3ccc4c(c3)OCCO4)CC2)cc1. The number of hydrogen-bond acceptors (Lipinski definition) is 5. The van der Waals surface area contributed by atoms with E-state index < -0.39 is 0 Å². The Morgan fingerprint density at radius 3 is 2.34 bits per heavy atom. The number of hydrogen-bond donors (Lipinski definition) is 1. The zero-order chi connectivity index (χ0) is 20.2. The van der Waals surface area contributed by atoms with E-state index in [2.05, 4.69) is 10.2 Å². The lowest BCUT2D eigenvalue weighted by Crippen LogP contribution is -2.50. The van der Waals surface area contributed by atoms with Crippen molar-refractivity contribution in [2.75, 3.05) is 49.6 Å². The average molecular weight is 397 g/mol. The number of benzene rings is 2. The largest absolute Gasteiger partial charge is 0.491 e. The second-order valence-electron chi connectivity index (χ2n) is 7.42. The summed E-state index contributed by atoms with van der Waals surface area (Å²) in [5.74, 6) is 2.38. The molecule has 1 N–H and O–H groups in total. The van der Waals surface area contributed by atoms with Gasteiger partial charge in [0.25, 0.3) is 0 Å². The molecule has 154 valence electrons. The van der Waals surface area contributed by atoms with Crippen LogP contribution in [-0.4, -0.2) is 56.4 Å². The highest BCUT2D eigenvalue weighted by molar-refractivity contribution is 5.89. The highest BCUT2D eigenvalue weighted by Gasteiger charge is 2.22. The summed E-state index contributed by atoms with van der Waals surface area (Å²) in [4.78, 5) is 16.7. The van der Waals surface area contributed by atoms with E-state index in [4.69, 9.17) is 14.2 Å². The van der Waals surface area contributed by atoms with E-state index in [1.165, 1.54) is 0 Å². The number of rotatable bonds is 4. The van der Waals surface area contributed by atoms with Gasteiger partial charge in [-0.2, -0.15) is 0 Å². The summed E-state index contributed by atoms with van der Waals surface area (Å²) in [6, 6.07) is 13.4. The molecule has 0 saturated carbocycles. The maximum absolute atomic E-state index is 12.6. The maximum atomic E-state index is 12.6. The van der Waals surface area contributed by atoms with Gasteiger partial charge in [-0.1, -0.05) is 0 Å². The predicted octanol–water partition coefficient (Wildman–Crippen LogP) is 3.60. The van der Waals surface area contributed by atoms with Crippen molar-refractivity contribution in [3.63, 3.8) is 0 Å². The number of nitrogens with one attached hydrogen (secondary N) is 1. The lowest BCUT2D eigenvalue weighted by atomic mass is 10.2. The summed E-state index contributed by atoms with van der Waals surface area (Å²) in [5, 5.41) is 2.96. The van der Waals surface area contributed by atoms with Gasteiger partial charge in [0.1, 0.15) is 19.0 Å². The van der Waals surface area contributed by atoms with Gasteiger partial charge in [0.05, 0.1) is 6.10 Å². The molecule has 2 aliphatic rings. The van der Waals surface area contributed by atoms with Crippen LogP contribution in [0.5, 0.6) is 17.2 Å². The molecule has 0 atom stereocenters. The number of ether oxygens (including phenoxy) is 3. The number of urea groups is 1. The molecule has 0 bridgehead atoms. The fourth-order valence-electron chi connectivity index (χ4n) is 3.49. The van der Waals surface area contributed by atoms with Gasteiger partial charge in [0.15, 0.2) is 11.5 Å². The van der Waals surface area contributed by atoms with E-state index >= 15 is 0 Å². The van der Waals surface area contributed by atoms with Gasteiger partial charge in [-0.25, -0.2) is 4.79 Å². The van der Waals surface area contributed by atoms with Crippen LogP contribution in [0.4, 0.5) is 16.2 Å². The van der Waals surface area contributed by atoms with Crippen LogP contribution in [0.1, 0.15) is 13.8 Å². The Morgan fingerprint density at radius 1 is 0.966 bits per heavy atom. The Bertz CT molecular complexity index is 846. The molecule has 1 fully saturated rings. The van der Waals surface area contributed by atoms with Crippen LogP contribution in [0.3, 0.4) is 0 Å². The molecule has 7 nitrogen and oxygen atoms in total. The lowest BCUT2D eigenvalue weighted by Gasteiger charge is -2.36. The van der Waals surface area contributed by atoms with Crippen molar-refractivity contribution in [3.05, 3.63) is 42.5 Å². The predicted molar refractivity (Wildman–Crippen MR) is 112 cm³/mol. The maximum Gasteiger partial charge on any atom is 0.321 e. The monoisotopic (exact) mass is 397 g/mol. The summed E-state index contributed by atoms with van der Waals surface area (Å²) in [6.45, 7) is 8.01. The zero-order valence-electron chi connectivity index (χ0n) is 16.9. The Kier molecular flexibility index (Phi) is 5.64. The second kappa shape index (κ2) is 8.51. The minimum Gasteiger partial charge on any atom is -0.491 e. The van der Waals surface area contributed by atoms with Crippen LogP contribution in [0.15, 0.2) is 42.5 Å². The number of nitrogens with zero attached hydrogens (tertiary/aromatic N) is 2. The molecular formula is C22H27N3O4. The third kappa shape index (κ3) is 4.67. The number of carbonyl (C=O) groups excluding carboxylic acids is 1. The van der Waals surface area contributed by atoms with Gasteiger partial charge in [0, 0.05) is 43.6 Å². The van der Waals surface area contributed by atoms with Crippen molar-refractivity contribution in [1.82, 2.24) is 4.90 Å². The van der Waals surface area contributed by atoms with E-state index in [1.807, 2.05) is 61.2 Å². The highest BCUT2D eigenvalue weighted by Crippen LogP contribution is 2.34. The van der Waals surface area contributed by atoms with Crippen LogP contribution < -0.4 is 24.4 Å². The minimum atomic E-state index is -0.0793. The third-order valence-corrected chi connectivity index (χ3v) is 4.94. The normalized spacial score (nSPS) is 16.0. The van der Waals surface area contributed by atoms with Gasteiger partial charge >= 0.3 is 6.03 Å². The Balaban J connectivity index is 1.30. The third-order valence-electron chi connectivity index (χ3n) is 4.94. The van der Waals surface area contributed by atoms with Crippen molar-refractivity contribution < 1.29 is 19.0 Å². The summed E-state index contributed by atoms with van der Waals surface area (Å²) in [6.07, 6.45) is 0.126. The van der Waals surface area contributed by atoms with Gasteiger partial charge < -0.3 is 29.3 Å². The molecule has 4 rings (SSSR count). The number of amides is 2. The van der Waals surface area contributed by atoms with E-state index in [0.717, 1.165) is 41.7 Å². The molecule has 0 aliphatic carbocycles. The van der Waals surface area contributed by atoms with Crippen LogP contribution in [0.25, 0.3) is 0 Å². The van der Waals surface area contributed by atoms with Crippen LogP contribution in [-0.2, 0) is 0 Å². The molecule has 1 saturated heterocycles. The first-order valence-electron chi connectivity index (χ1n) is 10.1. The van der Waals surface area contributed by atoms with Gasteiger partial charge in [-0.3, -0.25) is 0 Å². The smallest absolute Gasteiger partial charge is 0.321 e. The fourth-order valence-corrected chi connectivity index (χ4v) is 3.49. The molecule has 29 heavy (non-hydrogen) atoms. The quantitative estimate of drug-likeness (QED) is 0.854. The van der Waals surface area contributed by atoms with Gasteiger partial charge in [0.2, 0.25) is 0 Å². The standard InChI is InChI=1S/C22H27N3O4/c1-16(2)29-19-6-3-17(4-7-19)23-22(26)25-11-9-24(10-12-25)18-5-8-20-21(15-18)28-14-13-27-20/h3-8,15-16H,9-14H2,1-2H3,(H,23,26). The molecule has 2 aromatic rings. The molecule has 2 amide bonds. The van der Waals surface area contributed by atoms with Crippen LogP contribution in [0, 0.1) is 0 Å². The Morgan fingerprint density at radius 2 is 1.66 bits per heavy atom. The summed E-state index contributed by atoms with van der Waals surface area (Å²) >= 11 is 0. The molecule has 2 aliphatic heterocycles. The molecule has 7 heteroatoms. The summed E-state index contributed by atoms with van der Waals surface area (Å²) < 4.78 is 16.9. The topological polar surface area (TPSA) is 63.3 Å². The fraction of sp³-hybridized carbons (Fsp3) is 0.409. The number of piperazine rings is 1. The second-order valence-corrected chi connectivity index (χ2v) is 7.42. The van der Waals surface area contributed by atoms with Crippen molar-refractivity contribution in [3.8, 4) is 17.2 Å². The van der Waals surface area contributed by atoms with Gasteiger partial charge in [-0.05, 0) is 50.2 Å². The first-order chi connectivity index (χ1) is 14.1. The van der Waals surface area contributed by atoms with Crippen molar-refractivity contribution in [1.29, 1.82) is 0 Å². The summed E-state index contributed by atoms with van der Waals surface area (Å²) in [5.41, 5.74) is 1.86. The summed E-state index contributed by atoms with van der Waals surface area (Å²) in [7, 11) is 0. The molecule has 0 radical (unpaired) electrons. The first-order valence-corrected chi connectivity index (χ1v) is 10.1. The molecule has 2 heterocycles. The minimum absolute atomic E-state index is 0.0793. The number of carbonyl (C=O) groups is 1. The molecule has 0 aromatic heterocycles. The van der Waals surface area contributed by atoms with Crippen molar-refractivity contribution >= 4 is 17.4 Å². The molecular weight excluding hydrogens is 370 g/mol. The zero-order valence-corrected chi connectivity index (χ0v) is 16.9.